The Kier molecular flexibility index (Phi) is 5.47. The van der Waals surface area contributed by atoms with Gasteiger partial charge in [0.2, 0.25) is 0 Å². The molecule has 0 aliphatic heterocycles. The second-order valence-electron chi connectivity index (χ2n) is 5.31. The van der Waals surface area contributed by atoms with Gasteiger partial charge in [0.25, 0.3) is 0 Å². The quantitative estimate of drug-likeness (QED) is 0.832. The Labute approximate surface area is 113 Å². The maximum atomic E-state index is 5.72. The van der Waals surface area contributed by atoms with E-state index in [4.69, 9.17) is 4.74 Å². The van der Waals surface area contributed by atoms with Crippen LogP contribution in [0.25, 0.3) is 0 Å². The molecule has 1 rings (SSSR count). The fourth-order valence-electron chi connectivity index (χ4n) is 1.44. The van der Waals surface area contributed by atoms with Crippen LogP contribution in [0.15, 0.2) is 22.7 Å². The number of ether oxygens (including phenoxy) is 1. The molecule has 0 radical (unpaired) electrons. The summed E-state index contributed by atoms with van der Waals surface area (Å²) in [5, 5.41) is 3.44. The van der Waals surface area contributed by atoms with E-state index in [2.05, 4.69) is 61.1 Å². The first-order valence-corrected chi connectivity index (χ1v) is 6.82. The van der Waals surface area contributed by atoms with Gasteiger partial charge in [0.15, 0.2) is 0 Å². The lowest BCUT2D eigenvalue weighted by molar-refractivity contribution is 0.296. The van der Waals surface area contributed by atoms with Gasteiger partial charge >= 0.3 is 0 Å². The van der Waals surface area contributed by atoms with Crippen LogP contribution in [0, 0.1) is 6.92 Å². The van der Waals surface area contributed by atoms with E-state index >= 15 is 0 Å². The van der Waals surface area contributed by atoms with Crippen molar-refractivity contribution in [2.24, 2.45) is 0 Å². The summed E-state index contributed by atoms with van der Waals surface area (Å²) in [4.78, 5) is 0. The SMILES string of the molecule is Cc1ccc(OCCCNC(C)(C)C)c(Br)c1. The standard InChI is InChI=1S/C14H22BrNO/c1-11-6-7-13(12(15)10-11)17-9-5-8-16-14(2,3)4/h6-7,10,16H,5,8-9H2,1-4H3. The Bertz CT molecular complexity index is 358. The third-order valence-electron chi connectivity index (χ3n) is 2.32. The molecule has 0 aromatic heterocycles. The van der Waals surface area contributed by atoms with Crippen molar-refractivity contribution in [3.63, 3.8) is 0 Å². The molecule has 0 saturated heterocycles. The Hall–Kier alpha value is -0.540. The number of rotatable bonds is 5. The predicted octanol–water partition coefficient (Wildman–Crippen LogP) is 3.91. The number of benzene rings is 1. The van der Waals surface area contributed by atoms with E-state index in [9.17, 15) is 0 Å². The molecule has 2 nitrogen and oxygen atoms in total. The van der Waals surface area contributed by atoms with E-state index in [1.807, 2.05) is 6.07 Å². The van der Waals surface area contributed by atoms with Crippen molar-refractivity contribution in [3.8, 4) is 5.75 Å². The number of hydrogen-bond acceptors (Lipinski definition) is 2. The van der Waals surface area contributed by atoms with Gasteiger partial charge < -0.3 is 10.1 Å². The molecule has 1 N–H and O–H groups in total. The highest BCUT2D eigenvalue weighted by Gasteiger charge is 2.07. The van der Waals surface area contributed by atoms with Gasteiger partial charge in [0.05, 0.1) is 11.1 Å². The minimum absolute atomic E-state index is 0.185. The smallest absolute Gasteiger partial charge is 0.133 e. The number of hydrogen-bond donors (Lipinski definition) is 1. The molecule has 3 heteroatoms. The molecule has 0 atom stereocenters. The van der Waals surface area contributed by atoms with E-state index in [0.717, 1.165) is 29.8 Å². The van der Waals surface area contributed by atoms with Crippen LogP contribution >= 0.6 is 15.9 Å². The third kappa shape index (κ3) is 6.08. The average molecular weight is 300 g/mol. The van der Waals surface area contributed by atoms with Gasteiger partial charge in [-0.05, 0) is 74.3 Å². The Morgan fingerprint density at radius 3 is 2.59 bits per heavy atom. The van der Waals surface area contributed by atoms with Crippen LogP contribution in [0.4, 0.5) is 0 Å². The number of halogens is 1. The van der Waals surface area contributed by atoms with Crippen LogP contribution < -0.4 is 10.1 Å². The Balaban J connectivity index is 2.27. The van der Waals surface area contributed by atoms with Crippen molar-refractivity contribution in [2.45, 2.75) is 39.7 Å². The summed E-state index contributed by atoms with van der Waals surface area (Å²) in [5.74, 6) is 0.923. The molecule has 96 valence electrons. The van der Waals surface area contributed by atoms with Crippen molar-refractivity contribution >= 4 is 15.9 Å². The van der Waals surface area contributed by atoms with E-state index in [1.165, 1.54) is 5.56 Å². The summed E-state index contributed by atoms with van der Waals surface area (Å²) in [6.07, 6.45) is 1.01. The molecular formula is C14H22BrNO. The lowest BCUT2D eigenvalue weighted by Gasteiger charge is -2.20. The Morgan fingerprint density at radius 1 is 1.29 bits per heavy atom. The molecular weight excluding hydrogens is 278 g/mol. The fourth-order valence-corrected chi connectivity index (χ4v) is 2.05. The summed E-state index contributed by atoms with van der Waals surface area (Å²) >= 11 is 3.51. The summed E-state index contributed by atoms with van der Waals surface area (Å²) in [6.45, 7) is 10.3. The summed E-state index contributed by atoms with van der Waals surface area (Å²) in [7, 11) is 0. The largest absolute Gasteiger partial charge is 0.492 e. The maximum Gasteiger partial charge on any atom is 0.133 e. The average Bonchev–Trinajstić information content (AvgIpc) is 2.18. The monoisotopic (exact) mass is 299 g/mol. The molecule has 1 aromatic rings. The molecule has 1 aromatic carbocycles. The number of aryl methyl sites for hydroxylation is 1. The van der Waals surface area contributed by atoms with Crippen LogP contribution in [0.3, 0.4) is 0 Å². The van der Waals surface area contributed by atoms with Gasteiger partial charge in [0.1, 0.15) is 5.75 Å². The van der Waals surface area contributed by atoms with Gasteiger partial charge in [-0.2, -0.15) is 0 Å². The van der Waals surface area contributed by atoms with Gasteiger partial charge in [-0.3, -0.25) is 0 Å². The first kappa shape index (κ1) is 14.5. The van der Waals surface area contributed by atoms with Crippen LogP contribution in [0.2, 0.25) is 0 Å². The molecule has 0 spiro atoms. The van der Waals surface area contributed by atoms with Crippen molar-refractivity contribution < 1.29 is 4.74 Å². The highest BCUT2D eigenvalue weighted by atomic mass is 79.9. The fraction of sp³-hybridized carbons (Fsp3) is 0.571. The highest BCUT2D eigenvalue weighted by molar-refractivity contribution is 9.10. The maximum absolute atomic E-state index is 5.72. The molecule has 0 aliphatic rings. The van der Waals surface area contributed by atoms with E-state index in [0.29, 0.717) is 0 Å². The second kappa shape index (κ2) is 6.41. The van der Waals surface area contributed by atoms with Gasteiger partial charge in [0, 0.05) is 5.54 Å². The van der Waals surface area contributed by atoms with E-state index < -0.39 is 0 Å². The van der Waals surface area contributed by atoms with Crippen molar-refractivity contribution in [3.05, 3.63) is 28.2 Å². The summed E-state index contributed by atoms with van der Waals surface area (Å²) in [5.41, 5.74) is 1.42. The zero-order valence-corrected chi connectivity index (χ0v) is 12.7. The molecule has 0 amide bonds. The zero-order chi connectivity index (χ0) is 12.9. The Morgan fingerprint density at radius 2 is 2.00 bits per heavy atom. The van der Waals surface area contributed by atoms with Crippen LogP contribution in [0.1, 0.15) is 32.8 Å². The molecule has 0 saturated carbocycles. The predicted molar refractivity (Wildman–Crippen MR) is 76.7 cm³/mol. The molecule has 0 fully saturated rings. The highest BCUT2D eigenvalue weighted by Crippen LogP contribution is 2.25. The van der Waals surface area contributed by atoms with Gasteiger partial charge in [-0.15, -0.1) is 0 Å². The molecule has 0 unspecified atom stereocenters. The summed E-state index contributed by atoms with van der Waals surface area (Å²) in [6, 6.07) is 6.15. The second-order valence-corrected chi connectivity index (χ2v) is 6.17. The summed E-state index contributed by atoms with van der Waals surface area (Å²) < 4.78 is 6.75. The normalized spacial score (nSPS) is 11.6. The van der Waals surface area contributed by atoms with E-state index in [-0.39, 0.29) is 5.54 Å². The molecule has 0 bridgehead atoms. The van der Waals surface area contributed by atoms with Gasteiger partial charge in [-0.1, -0.05) is 6.07 Å². The van der Waals surface area contributed by atoms with Crippen LogP contribution in [-0.2, 0) is 0 Å². The zero-order valence-electron chi connectivity index (χ0n) is 11.1. The lowest BCUT2D eigenvalue weighted by atomic mass is 10.1. The lowest BCUT2D eigenvalue weighted by Crippen LogP contribution is -2.36. The first-order chi connectivity index (χ1) is 7.88. The molecule has 0 aliphatic carbocycles. The topological polar surface area (TPSA) is 21.3 Å². The first-order valence-electron chi connectivity index (χ1n) is 6.02. The van der Waals surface area contributed by atoms with Crippen molar-refractivity contribution in [2.75, 3.05) is 13.2 Å². The molecule has 0 heterocycles. The minimum Gasteiger partial charge on any atom is -0.492 e. The minimum atomic E-state index is 0.185. The van der Waals surface area contributed by atoms with Crippen molar-refractivity contribution in [1.82, 2.24) is 5.32 Å². The van der Waals surface area contributed by atoms with Gasteiger partial charge in [-0.25, -0.2) is 0 Å². The number of nitrogens with one attached hydrogen (secondary N) is 1. The van der Waals surface area contributed by atoms with E-state index in [1.54, 1.807) is 0 Å². The van der Waals surface area contributed by atoms with Crippen LogP contribution in [-0.4, -0.2) is 18.7 Å². The molecule has 17 heavy (non-hydrogen) atoms. The third-order valence-corrected chi connectivity index (χ3v) is 2.94. The van der Waals surface area contributed by atoms with Crippen LogP contribution in [0.5, 0.6) is 5.75 Å². The van der Waals surface area contributed by atoms with Crippen molar-refractivity contribution in [1.29, 1.82) is 0 Å².